The van der Waals surface area contributed by atoms with Gasteiger partial charge in [0.2, 0.25) is 0 Å². The minimum atomic E-state index is -1.59. The Kier molecular flexibility index (Phi) is 11.7. The number of rotatable bonds is 5. The second kappa shape index (κ2) is 13.6. The van der Waals surface area contributed by atoms with E-state index in [9.17, 15) is 19.5 Å². The molecular formula is C31H53NO8. The lowest BCUT2D eigenvalue weighted by molar-refractivity contribution is -0.280. The first-order valence-electron chi connectivity index (χ1n) is 14.6. The van der Waals surface area contributed by atoms with Crippen molar-refractivity contribution >= 4 is 17.5 Å². The molecule has 0 amide bonds. The highest BCUT2D eigenvalue weighted by molar-refractivity contribution is 6.00. The predicted octanol–water partition coefficient (Wildman–Crippen LogP) is 3.95. The van der Waals surface area contributed by atoms with Crippen molar-refractivity contribution in [2.24, 2.45) is 23.7 Å². The molecule has 9 nitrogen and oxygen atoms in total. The molecule has 1 N–H and O–H groups in total. The highest BCUT2D eigenvalue weighted by atomic mass is 16.7. The third-order valence-corrected chi connectivity index (χ3v) is 9.01. The molecule has 1 fully saturated rings. The number of ether oxygens (including phenoxy) is 4. The molecule has 0 aromatic heterocycles. The van der Waals surface area contributed by atoms with Crippen molar-refractivity contribution in [3.63, 3.8) is 0 Å². The summed E-state index contributed by atoms with van der Waals surface area (Å²) in [5, 5.41) is 11.2. The molecule has 11 atom stereocenters. The molecule has 40 heavy (non-hydrogen) atoms. The second-order valence-corrected chi connectivity index (χ2v) is 12.8. The summed E-state index contributed by atoms with van der Waals surface area (Å²) in [4.78, 5) is 42.7. The SMILES string of the molecule is CC[C@H]1OC(=O)[C@H](C)C(=O)[C@H](C)[C@@H](O[C@@H]2OC(C)CC(N(C)C)C2C)[C@](C)(OC)C[C@@H](C)C(=O)/C(C)=C/[C@]1(C)O. The van der Waals surface area contributed by atoms with Gasteiger partial charge in [-0.1, -0.05) is 27.7 Å². The maximum Gasteiger partial charge on any atom is 0.316 e. The molecule has 2 aliphatic rings. The summed E-state index contributed by atoms with van der Waals surface area (Å²) in [5.41, 5.74) is -2.31. The van der Waals surface area contributed by atoms with Gasteiger partial charge in [-0.2, -0.15) is 0 Å². The molecule has 9 heteroatoms. The van der Waals surface area contributed by atoms with Gasteiger partial charge in [-0.3, -0.25) is 14.4 Å². The molecule has 2 rings (SSSR count). The van der Waals surface area contributed by atoms with Gasteiger partial charge in [-0.15, -0.1) is 0 Å². The largest absolute Gasteiger partial charge is 0.458 e. The fourth-order valence-corrected chi connectivity index (χ4v) is 6.44. The van der Waals surface area contributed by atoms with Crippen molar-refractivity contribution in [3.05, 3.63) is 11.6 Å². The van der Waals surface area contributed by atoms with E-state index < -0.39 is 53.4 Å². The van der Waals surface area contributed by atoms with Crippen LogP contribution in [0.25, 0.3) is 0 Å². The number of cyclic esters (lactones) is 1. The third-order valence-electron chi connectivity index (χ3n) is 9.01. The number of aliphatic hydroxyl groups is 1. The zero-order chi connectivity index (χ0) is 30.7. The van der Waals surface area contributed by atoms with Gasteiger partial charge < -0.3 is 29.0 Å². The van der Waals surface area contributed by atoms with Crippen molar-refractivity contribution in [1.29, 1.82) is 0 Å². The summed E-state index contributed by atoms with van der Waals surface area (Å²) in [6.45, 7) is 15.9. The molecule has 1 saturated heterocycles. The number of carbonyl (C=O) groups excluding carboxylic acids is 3. The van der Waals surface area contributed by atoms with Crippen LogP contribution in [0.1, 0.15) is 81.6 Å². The molecule has 0 spiro atoms. The van der Waals surface area contributed by atoms with Crippen LogP contribution in [0.4, 0.5) is 0 Å². The van der Waals surface area contributed by atoms with E-state index in [0.717, 1.165) is 6.42 Å². The Balaban J connectivity index is 2.62. The molecule has 0 saturated carbocycles. The van der Waals surface area contributed by atoms with Gasteiger partial charge in [-0.25, -0.2) is 0 Å². The summed E-state index contributed by atoms with van der Waals surface area (Å²) < 4.78 is 24.7. The smallest absolute Gasteiger partial charge is 0.316 e. The molecule has 3 unspecified atom stereocenters. The van der Waals surface area contributed by atoms with Crippen molar-refractivity contribution in [3.8, 4) is 0 Å². The van der Waals surface area contributed by atoms with Gasteiger partial charge in [0.15, 0.2) is 17.9 Å². The number of ketones is 2. The number of hydrogen-bond donors (Lipinski definition) is 1. The predicted molar refractivity (Wildman–Crippen MR) is 153 cm³/mol. The minimum absolute atomic E-state index is 0.0122. The highest BCUT2D eigenvalue weighted by Crippen LogP contribution is 2.38. The van der Waals surface area contributed by atoms with Gasteiger partial charge in [0.1, 0.15) is 17.6 Å². The molecule has 0 aromatic rings. The van der Waals surface area contributed by atoms with Gasteiger partial charge >= 0.3 is 5.97 Å². The van der Waals surface area contributed by atoms with Crippen LogP contribution in [0.3, 0.4) is 0 Å². The van der Waals surface area contributed by atoms with Crippen molar-refractivity contribution in [2.75, 3.05) is 21.2 Å². The number of nitrogens with zero attached hydrogens (tertiary/aromatic N) is 1. The Hall–Kier alpha value is -1.65. The summed E-state index contributed by atoms with van der Waals surface area (Å²) >= 11 is 0. The number of allylic oxidation sites excluding steroid dienone is 1. The first-order valence-corrected chi connectivity index (χ1v) is 14.6. The van der Waals surface area contributed by atoms with Crippen LogP contribution in [0.5, 0.6) is 0 Å². The number of Topliss-reactive ketones (excluding diaryl/α,β-unsaturated/α-hetero) is 2. The van der Waals surface area contributed by atoms with Gasteiger partial charge in [0.05, 0.1) is 17.8 Å². The van der Waals surface area contributed by atoms with Crippen LogP contribution in [0.15, 0.2) is 11.6 Å². The molecule has 2 heterocycles. The van der Waals surface area contributed by atoms with Crippen LogP contribution in [0.2, 0.25) is 0 Å². The van der Waals surface area contributed by atoms with E-state index in [-0.39, 0.29) is 36.1 Å². The van der Waals surface area contributed by atoms with Crippen molar-refractivity contribution in [2.45, 2.75) is 123 Å². The van der Waals surface area contributed by atoms with Crippen molar-refractivity contribution in [1.82, 2.24) is 4.90 Å². The molecule has 0 radical (unpaired) electrons. The van der Waals surface area contributed by atoms with E-state index in [4.69, 9.17) is 18.9 Å². The minimum Gasteiger partial charge on any atom is -0.458 e. The summed E-state index contributed by atoms with van der Waals surface area (Å²) in [5.74, 6) is -3.67. The lowest BCUT2D eigenvalue weighted by Gasteiger charge is -2.47. The Morgan fingerprint density at radius 3 is 2.23 bits per heavy atom. The maximum absolute atomic E-state index is 13.8. The first kappa shape index (κ1) is 34.6. The van der Waals surface area contributed by atoms with Crippen molar-refractivity contribution < 1.29 is 38.4 Å². The Bertz CT molecular complexity index is 946. The summed E-state index contributed by atoms with van der Waals surface area (Å²) in [6, 6.07) is 0.202. The van der Waals surface area contributed by atoms with Crippen LogP contribution >= 0.6 is 0 Å². The fraction of sp³-hybridized carbons (Fsp3) is 0.839. The van der Waals surface area contributed by atoms with Crippen LogP contribution < -0.4 is 0 Å². The highest BCUT2D eigenvalue weighted by Gasteiger charge is 2.49. The molecule has 2 aliphatic heterocycles. The summed E-state index contributed by atoms with van der Waals surface area (Å²) in [6.07, 6.45) is 0.410. The lowest BCUT2D eigenvalue weighted by atomic mass is 9.76. The second-order valence-electron chi connectivity index (χ2n) is 12.8. The standard InChI is InChI=1S/C31H53NO8/c1-13-24-30(8,36)15-17(2)25(33)18(3)16-31(9,37-12)27(21(6)26(34)22(7)28(35)39-24)40-29-20(5)23(32(10)11)14-19(4)38-29/h15,18-24,27,29,36H,13-14,16H2,1-12H3/b17-15+/t18-,19?,20?,21+,22-,23?,24-,27-,29+,30+,31-/m1/s1. The Labute approximate surface area is 240 Å². The average Bonchev–Trinajstić information content (AvgIpc) is 2.88. The van der Waals surface area contributed by atoms with Crippen LogP contribution in [0, 0.1) is 23.7 Å². The van der Waals surface area contributed by atoms with E-state index in [0.29, 0.717) is 12.0 Å². The molecule has 0 aromatic carbocycles. The number of carbonyl (C=O) groups is 3. The van der Waals surface area contributed by atoms with E-state index in [1.807, 2.05) is 34.9 Å². The Morgan fingerprint density at radius 1 is 1.10 bits per heavy atom. The zero-order valence-corrected chi connectivity index (χ0v) is 26.6. The Morgan fingerprint density at radius 2 is 1.70 bits per heavy atom. The maximum atomic E-state index is 13.8. The van der Waals surface area contributed by atoms with E-state index in [1.165, 1.54) is 19.9 Å². The van der Waals surface area contributed by atoms with Crippen LogP contribution in [-0.2, 0) is 33.3 Å². The molecule has 230 valence electrons. The van der Waals surface area contributed by atoms with Gasteiger partial charge in [-0.05, 0) is 79.6 Å². The zero-order valence-electron chi connectivity index (χ0n) is 26.6. The van der Waals surface area contributed by atoms with E-state index in [2.05, 4.69) is 11.8 Å². The monoisotopic (exact) mass is 567 g/mol. The molecular weight excluding hydrogens is 514 g/mol. The lowest BCUT2D eigenvalue weighted by Crippen LogP contribution is -2.57. The normalized spacial score (nSPS) is 44.1. The molecule has 0 aliphatic carbocycles. The third kappa shape index (κ3) is 7.59. The van der Waals surface area contributed by atoms with Gasteiger partial charge in [0, 0.05) is 30.9 Å². The number of methoxy groups -OCH3 is 1. The average molecular weight is 568 g/mol. The van der Waals surface area contributed by atoms with E-state index in [1.54, 1.807) is 27.9 Å². The first-order chi connectivity index (χ1) is 18.4. The summed E-state index contributed by atoms with van der Waals surface area (Å²) in [7, 11) is 5.60. The van der Waals surface area contributed by atoms with Crippen LogP contribution in [-0.4, -0.2) is 90.6 Å². The van der Waals surface area contributed by atoms with E-state index >= 15 is 0 Å². The topological polar surface area (TPSA) is 112 Å². The number of hydrogen-bond acceptors (Lipinski definition) is 9. The van der Waals surface area contributed by atoms with Gasteiger partial charge in [0.25, 0.3) is 0 Å². The quantitative estimate of drug-likeness (QED) is 0.390. The molecule has 0 bridgehead atoms. The number of esters is 1. The fourth-order valence-electron chi connectivity index (χ4n) is 6.44.